The van der Waals surface area contributed by atoms with Gasteiger partial charge in [0.25, 0.3) is 0 Å². The zero-order valence-electron chi connectivity index (χ0n) is 8.62. The number of nitrogens with zero attached hydrogens (tertiary/aromatic N) is 2. The number of rotatable bonds is 2. The molecule has 2 unspecified atom stereocenters. The number of hydrogen-bond donors (Lipinski definition) is 0. The van der Waals surface area contributed by atoms with E-state index in [9.17, 15) is 0 Å². The average molecular weight is 257 g/mol. The lowest BCUT2D eigenvalue weighted by Gasteiger charge is -2.27. The van der Waals surface area contributed by atoms with Gasteiger partial charge in [-0.05, 0) is 25.8 Å². The molecule has 0 aliphatic heterocycles. The quantitative estimate of drug-likeness (QED) is 0.743. The van der Waals surface area contributed by atoms with Crippen LogP contribution in [0, 0.1) is 0 Å². The van der Waals surface area contributed by atoms with Crippen molar-refractivity contribution < 1.29 is 0 Å². The third kappa shape index (κ3) is 1.88. The summed E-state index contributed by atoms with van der Waals surface area (Å²) in [6.45, 7) is 3.14. The van der Waals surface area contributed by atoms with Crippen LogP contribution in [0.1, 0.15) is 44.2 Å². The predicted octanol–water partition coefficient (Wildman–Crippen LogP) is 3.32. The second-order valence-electron chi connectivity index (χ2n) is 3.98. The van der Waals surface area contributed by atoms with Crippen molar-refractivity contribution in [2.75, 3.05) is 0 Å². The number of hydrogen-bond acceptors (Lipinski definition) is 1. The molecule has 0 saturated heterocycles. The van der Waals surface area contributed by atoms with Crippen molar-refractivity contribution >= 4 is 15.9 Å². The highest BCUT2D eigenvalue weighted by atomic mass is 79.9. The summed E-state index contributed by atoms with van der Waals surface area (Å²) in [7, 11) is 0. The van der Waals surface area contributed by atoms with Crippen molar-refractivity contribution in [2.24, 2.45) is 0 Å². The monoisotopic (exact) mass is 256 g/mol. The Bertz CT molecular complexity index is 295. The van der Waals surface area contributed by atoms with Gasteiger partial charge in [-0.1, -0.05) is 28.8 Å². The molecule has 2 rings (SSSR count). The van der Waals surface area contributed by atoms with Gasteiger partial charge in [0, 0.05) is 29.2 Å². The van der Waals surface area contributed by atoms with Crippen molar-refractivity contribution in [3.8, 4) is 0 Å². The highest BCUT2D eigenvalue weighted by molar-refractivity contribution is 9.09. The van der Waals surface area contributed by atoms with Crippen molar-refractivity contribution in [3.05, 3.63) is 18.0 Å². The Balaban J connectivity index is 2.20. The second kappa shape index (κ2) is 4.47. The molecule has 14 heavy (non-hydrogen) atoms. The number of halogens is 1. The molecule has 1 fully saturated rings. The Morgan fingerprint density at radius 3 is 3.00 bits per heavy atom. The van der Waals surface area contributed by atoms with Gasteiger partial charge < -0.3 is 0 Å². The van der Waals surface area contributed by atoms with Gasteiger partial charge in [0.05, 0.1) is 0 Å². The maximum Gasteiger partial charge on any atom is 0.0492 e. The maximum atomic E-state index is 4.34. The molecular weight excluding hydrogens is 240 g/mol. The SMILES string of the molecule is CCn1nccc1C1CCCCC1Br. The molecule has 2 nitrogen and oxygen atoms in total. The zero-order chi connectivity index (χ0) is 9.97. The Morgan fingerprint density at radius 2 is 2.29 bits per heavy atom. The van der Waals surface area contributed by atoms with Crippen LogP contribution in [0.15, 0.2) is 12.3 Å². The first-order valence-electron chi connectivity index (χ1n) is 5.48. The van der Waals surface area contributed by atoms with Crippen LogP contribution in [-0.2, 0) is 6.54 Å². The molecule has 2 atom stereocenters. The summed E-state index contributed by atoms with van der Waals surface area (Å²) in [5.41, 5.74) is 1.41. The van der Waals surface area contributed by atoms with E-state index in [1.54, 1.807) is 0 Å². The molecule has 78 valence electrons. The normalized spacial score (nSPS) is 27.9. The first-order valence-corrected chi connectivity index (χ1v) is 6.40. The first-order chi connectivity index (χ1) is 6.83. The minimum absolute atomic E-state index is 0.651. The molecule has 1 aromatic heterocycles. The van der Waals surface area contributed by atoms with Crippen LogP contribution >= 0.6 is 15.9 Å². The summed E-state index contributed by atoms with van der Waals surface area (Å²) in [6, 6.07) is 2.17. The fourth-order valence-electron chi connectivity index (χ4n) is 2.34. The summed E-state index contributed by atoms with van der Waals surface area (Å²) >= 11 is 3.80. The third-order valence-electron chi connectivity index (χ3n) is 3.11. The molecule has 3 heteroatoms. The van der Waals surface area contributed by atoms with Gasteiger partial charge >= 0.3 is 0 Å². The molecule has 0 N–H and O–H groups in total. The Hall–Kier alpha value is -0.310. The van der Waals surface area contributed by atoms with Gasteiger partial charge in [-0.15, -0.1) is 0 Å². The summed E-state index contributed by atoms with van der Waals surface area (Å²) in [6.07, 6.45) is 7.27. The summed E-state index contributed by atoms with van der Waals surface area (Å²) in [4.78, 5) is 0.651. The Morgan fingerprint density at radius 1 is 1.50 bits per heavy atom. The van der Waals surface area contributed by atoms with Gasteiger partial charge in [0.1, 0.15) is 0 Å². The lowest BCUT2D eigenvalue weighted by molar-refractivity contribution is 0.433. The van der Waals surface area contributed by atoms with E-state index in [1.165, 1.54) is 31.4 Å². The van der Waals surface area contributed by atoms with E-state index in [1.807, 2.05) is 6.20 Å². The van der Waals surface area contributed by atoms with Crippen LogP contribution in [0.3, 0.4) is 0 Å². The highest BCUT2D eigenvalue weighted by Crippen LogP contribution is 2.37. The van der Waals surface area contributed by atoms with Crippen molar-refractivity contribution in [1.82, 2.24) is 9.78 Å². The smallest absolute Gasteiger partial charge is 0.0492 e. The Kier molecular flexibility index (Phi) is 3.26. The van der Waals surface area contributed by atoms with Gasteiger partial charge in [0.2, 0.25) is 0 Å². The van der Waals surface area contributed by atoms with Gasteiger partial charge in [-0.2, -0.15) is 5.10 Å². The summed E-state index contributed by atoms with van der Waals surface area (Å²) in [5, 5.41) is 4.34. The second-order valence-corrected chi connectivity index (χ2v) is 5.15. The lowest BCUT2D eigenvalue weighted by Crippen LogP contribution is -2.20. The van der Waals surface area contributed by atoms with Crippen molar-refractivity contribution in [1.29, 1.82) is 0 Å². The molecule has 0 bridgehead atoms. The first kappa shape index (κ1) is 10.2. The lowest BCUT2D eigenvalue weighted by atomic mass is 9.87. The van der Waals surface area contributed by atoms with Crippen LogP contribution in [0.25, 0.3) is 0 Å². The van der Waals surface area contributed by atoms with Crippen molar-refractivity contribution in [2.45, 2.75) is 49.9 Å². The van der Waals surface area contributed by atoms with Crippen LogP contribution < -0.4 is 0 Å². The number of aryl methyl sites for hydroxylation is 1. The van der Waals surface area contributed by atoms with E-state index in [0.29, 0.717) is 10.7 Å². The van der Waals surface area contributed by atoms with E-state index < -0.39 is 0 Å². The molecule has 1 aliphatic rings. The standard InChI is InChI=1S/C11H17BrN2/c1-2-14-11(7-8-13-14)9-5-3-4-6-10(9)12/h7-10H,2-6H2,1H3. The molecule has 0 amide bonds. The van der Waals surface area contributed by atoms with Gasteiger partial charge in [-0.25, -0.2) is 0 Å². The molecule has 1 heterocycles. The predicted molar refractivity (Wildman–Crippen MR) is 61.8 cm³/mol. The fraction of sp³-hybridized carbons (Fsp3) is 0.727. The van der Waals surface area contributed by atoms with Crippen LogP contribution in [-0.4, -0.2) is 14.6 Å². The van der Waals surface area contributed by atoms with E-state index >= 15 is 0 Å². The molecule has 0 spiro atoms. The molecule has 0 radical (unpaired) electrons. The van der Waals surface area contributed by atoms with Crippen LogP contribution in [0.2, 0.25) is 0 Å². The maximum absolute atomic E-state index is 4.34. The van der Waals surface area contributed by atoms with Crippen LogP contribution in [0.4, 0.5) is 0 Å². The zero-order valence-corrected chi connectivity index (χ0v) is 10.2. The third-order valence-corrected chi connectivity index (χ3v) is 4.21. The molecule has 1 aromatic rings. The minimum atomic E-state index is 0.651. The molecule has 0 aromatic carbocycles. The fourth-order valence-corrected chi connectivity index (χ4v) is 3.20. The Labute approximate surface area is 93.8 Å². The average Bonchev–Trinajstić information content (AvgIpc) is 2.66. The highest BCUT2D eigenvalue weighted by Gasteiger charge is 2.26. The molecule has 1 saturated carbocycles. The summed E-state index contributed by atoms with van der Waals surface area (Å²) < 4.78 is 2.13. The number of alkyl halides is 1. The number of aromatic nitrogens is 2. The van der Waals surface area contributed by atoms with Gasteiger partial charge in [0.15, 0.2) is 0 Å². The van der Waals surface area contributed by atoms with E-state index in [0.717, 1.165) is 6.54 Å². The largest absolute Gasteiger partial charge is 0.270 e. The minimum Gasteiger partial charge on any atom is -0.270 e. The summed E-state index contributed by atoms with van der Waals surface area (Å²) in [5.74, 6) is 0.672. The molecular formula is C11H17BrN2. The van der Waals surface area contributed by atoms with Crippen molar-refractivity contribution in [3.63, 3.8) is 0 Å². The molecule has 1 aliphatic carbocycles. The van der Waals surface area contributed by atoms with E-state index in [2.05, 4.69) is 38.7 Å². The van der Waals surface area contributed by atoms with E-state index in [-0.39, 0.29) is 0 Å². The van der Waals surface area contributed by atoms with Crippen LogP contribution in [0.5, 0.6) is 0 Å². The van der Waals surface area contributed by atoms with Gasteiger partial charge in [-0.3, -0.25) is 4.68 Å². The van der Waals surface area contributed by atoms with E-state index in [4.69, 9.17) is 0 Å². The topological polar surface area (TPSA) is 17.8 Å².